The molecule has 0 amide bonds. The van der Waals surface area contributed by atoms with Gasteiger partial charge in [-0.15, -0.1) is 5.10 Å². The van der Waals surface area contributed by atoms with Crippen molar-refractivity contribution >= 4 is 15.9 Å². The van der Waals surface area contributed by atoms with Crippen LogP contribution >= 0.6 is 15.9 Å². The molecule has 0 spiro atoms. The van der Waals surface area contributed by atoms with Crippen molar-refractivity contribution in [2.75, 3.05) is 6.54 Å². The van der Waals surface area contributed by atoms with Gasteiger partial charge in [0.05, 0.1) is 5.69 Å². The molecule has 1 aromatic heterocycles. The minimum Gasteiger partial charge on any atom is -0.330 e. The van der Waals surface area contributed by atoms with Crippen molar-refractivity contribution in [3.63, 3.8) is 0 Å². The van der Waals surface area contributed by atoms with Crippen LogP contribution in [0.15, 0.2) is 22.7 Å². The molecule has 2 aromatic rings. The topological polar surface area (TPSA) is 69.6 Å². The molecule has 0 saturated carbocycles. The number of rotatable bonds is 4. The highest BCUT2D eigenvalue weighted by molar-refractivity contribution is 9.10. The quantitative estimate of drug-likeness (QED) is 0.931. The Morgan fingerprint density at radius 1 is 1.41 bits per heavy atom. The van der Waals surface area contributed by atoms with Crippen LogP contribution in [-0.2, 0) is 6.42 Å². The Bertz CT molecular complexity index is 508. The van der Waals surface area contributed by atoms with E-state index in [4.69, 9.17) is 5.73 Å². The van der Waals surface area contributed by atoms with E-state index in [0.29, 0.717) is 6.54 Å². The van der Waals surface area contributed by atoms with E-state index in [1.54, 1.807) is 4.68 Å². The fourth-order valence-corrected chi connectivity index (χ4v) is 1.90. The maximum Gasteiger partial charge on any atom is 0.156 e. The third-order valence-corrected chi connectivity index (χ3v) is 3.39. The van der Waals surface area contributed by atoms with Gasteiger partial charge < -0.3 is 5.73 Å². The van der Waals surface area contributed by atoms with Gasteiger partial charge in [0.2, 0.25) is 0 Å². The molecule has 0 aliphatic heterocycles. The van der Waals surface area contributed by atoms with Gasteiger partial charge in [0.15, 0.2) is 5.82 Å². The zero-order valence-corrected chi connectivity index (χ0v) is 11.2. The Kier molecular flexibility index (Phi) is 3.86. The summed E-state index contributed by atoms with van der Waals surface area (Å²) in [5, 5.41) is 11.7. The molecule has 1 heterocycles. The Balaban J connectivity index is 2.32. The Labute approximate surface area is 108 Å². The number of benzene rings is 1. The van der Waals surface area contributed by atoms with E-state index in [-0.39, 0.29) is 0 Å². The van der Waals surface area contributed by atoms with Crippen molar-refractivity contribution in [3.05, 3.63) is 34.1 Å². The Morgan fingerprint density at radius 3 is 2.94 bits per heavy atom. The van der Waals surface area contributed by atoms with Crippen LogP contribution in [0.3, 0.4) is 0 Å². The van der Waals surface area contributed by atoms with Crippen molar-refractivity contribution in [1.82, 2.24) is 20.2 Å². The molecule has 6 heteroatoms. The second-order valence-electron chi connectivity index (χ2n) is 3.83. The normalized spacial score (nSPS) is 10.8. The number of tetrazole rings is 1. The van der Waals surface area contributed by atoms with Gasteiger partial charge in [0.1, 0.15) is 0 Å². The maximum atomic E-state index is 5.49. The first-order valence-electron chi connectivity index (χ1n) is 5.46. The molecule has 1 aromatic carbocycles. The first-order chi connectivity index (χ1) is 8.22. The summed E-state index contributed by atoms with van der Waals surface area (Å²) in [6.45, 7) is 2.69. The summed E-state index contributed by atoms with van der Waals surface area (Å²) in [5.41, 5.74) is 7.64. The van der Waals surface area contributed by atoms with E-state index in [2.05, 4.69) is 31.5 Å². The summed E-state index contributed by atoms with van der Waals surface area (Å²) in [6, 6.07) is 6.05. The smallest absolute Gasteiger partial charge is 0.156 e. The van der Waals surface area contributed by atoms with E-state index in [0.717, 1.165) is 28.8 Å². The molecule has 90 valence electrons. The van der Waals surface area contributed by atoms with Crippen LogP contribution in [0.1, 0.15) is 17.8 Å². The molecule has 0 radical (unpaired) electrons. The Morgan fingerprint density at radius 2 is 2.24 bits per heavy atom. The zero-order chi connectivity index (χ0) is 12.3. The number of aromatic nitrogens is 4. The van der Waals surface area contributed by atoms with E-state index >= 15 is 0 Å². The van der Waals surface area contributed by atoms with Crippen LogP contribution in [0.25, 0.3) is 5.69 Å². The van der Waals surface area contributed by atoms with Gasteiger partial charge in [-0.05, 0) is 48.0 Å². The van der Waals surface area contributed by atoms with Crippen molar-refractivity contribution < 1.29 is 0 Å². The van der Waals surface area contributed by atoms with E-state index in [1.165, 1.54) is 5.56 Å². The van der Waals surface area contributed by atoms with Crippen molar-refractivity contribution in [2.45, 2.75) is 19.8 Å². The molecule has 2 rings (SSSR count). The summed E-state index contributed by atoms with van der Waals surface area (Å²) in [5.74, 6) is 0.839. The highest BCUT2D eigenvalue weighted by Crippen LogP contribution is 2.20. The molecule has 0 atom stereocenters. The highest BCUT2D eigenvalue weighted by Gasteiger charge is 2.08. The van der Waals surface area contributed by atoms with Gasteiger partial charge in [-0.2, -0.15) is 4.68 Å². The number of nitrogens with two attached hydrogens (primary N) is 1. The highest BCUT2D eigenvalue weighted by atomic mass is 79.9. The summed E-state index contributed by atoms with van der Waals surface area (Å²) in [7, 11) is 0. The summed E-state index contributed by atoms with van der Waals surface area (Å²) < 4.78 is 2.80. The van der Waals surface area contributed by atoms with E-state index in [9.17, 15) is 0 Å². The zero-order valence-electron chi connectivity index (χ0n) is 9.60. The van der Waals surface area contributed by atoms with Crippen LogP contribution in [0.4, 0.5) is 0 Å². The van der Waals surface area contributed by atoms with Crippen molar-refractivity contribution in [3.8, 4) is 5.69 Å². The van der Waals surface area contributed by atoms with E-state index in [1.807, 2.05) is 25.1 Å². The average Bonchev–Trinajstić information content (AvgIpc) is 2.78. The molecular weight excluding hydrogens is 282 g/mol. The second kappa shape index (κ2) is 5.37. The second-order valence-corrected chi connectivity index (χ2v) is 4.69. The standard InChI is InChI=1S/C11H14BrN5/c1-8-4-5-9(7-10(8)12)17-11(3-2-6-13)14-15-16-17/h4-5,7H,2-3,6,13H2,1H3. The third-order valence-electron chi connectivity index (χ3n) is 2.54. The molecule has 0 bridgehead atoms. The first kappa shape index (κ1) is 12.2. The monoisotopic (exact) mass is 295 g/mol. The molecule has 0 saturated heterocycles. The van der Waals surface area contributed by atoms with Gasteiger partial charge >= 0.3 is 0 Å². The summed E-state index contributed by atoms with van der Waals surface area (Å²) >= 11 is 3.51. The van der Waals surface area contributed by atoms with Crippen LogP contribution in [0, 0.1) is 6.92 Å². The molecular formula is C11H14BrN5. The molecule has 0 fully saturated rings. The molecule has 5 nitrogen and oxygen atoms in total. The predicted octanol–water partition coefficient (Wildman–Crippen LogP) is 1.62. The summed E-state index contributed by atoms with van der Waals surface area (Å²) in [4.78, 5) is 0. The number of nitrogens with zero attached hydrogens (tertiary/aromatic N) is 4. The van der Waals surface area contributed by atoms with Crippen molar-refractivity contribution in [2.24, 2.45) is 5.73 Å². The predicted molar refractivity (Wildman–Crippen MR) is 69.0 cm³/mol. The van der Waals surface area contributed by atoms with Crippen LogP contribution in [0.2, 0.25) is 0 Å². The number of hydrogen-bond donors (Lipinski definition) is 1. The maximum absolute atomic E-state index is 5.49. The van der Waals surface area contributed by atoms with Gasteiger partial charge in [0.25, 0.3) is 0 Å². The van der Waals surface area contributed by atoms with Crippen LogP contribution < -0.4 is 5.73 Å². The number of aryl methyl sites for hydroxylation is 2. The lowest BCUT2D eigenvalue weighted by Gasteiger charge is -2.06. The molecule has 0 unspecified atom stereocenters. The lowest BCUT2D eigenvalue weighted by molar-refractivity contribution is 0.726. The lowest BCUT2D eigenvalue weighted by Crippen LogP contribution is -2.07. The third kappa shape index (κ3) is 2.70. The fourth-order valence-electron chi connectivity index (χ4n) is 1.54. The molecule has 2 N–H and O–H groups in total. The SMILES string of the molecule is Cc1ccc(-n2nnnc2CCCN)cc1Br. The van der Waals surface area contributed by atoms with Gasteiger partial charge in [0, 0.05) is 10.9 Å². The Hall–Kier alpha value is -1.27. The molecule has 0 aliphatic rings. The lowest BCUT2D eigenvalue weighted by atomic mass is 10.2. The van der Waals surface area contributed by atoms with Gasteiger partial charge in [-0.1, -0.05) is 22.0 Å². The van der Waals surface area contributed by atoms with Crippen molar-refractivity contribution in [1.29, 1.82) is 0 Å². The fraction of sp³-hybridized carbons (Fsp3) is 0.364. The van der Waals surface area contributed by atoms with Gasteiger partial charge in [-0.3, -0.25) is 0 Å². The number of hydrogen-bond acceptors (Lipinski definition) is 4. The first-order valence-corrected chi connectivity index (χ1v) is 6.25. The molecule has 0 aliphatic carbocycles. The van der Waals surface area contributed by atoms with Gasteiger partial charge in [-0.25, -0.2) is 0 Å². The number of halogens is 1. The van der Waals surface area contributed by atoms with Crippen LogP contribution in [-0.4, -0.2) is 26.8 Å². The minimum absolute atomic E-state index is 0.643. The average molecular weight is 296 g/mol. The molecule has 17 heavy (non-hydrogen) atoms. The van der Waals surface area contributed by atoms with Crippen LogP contribution in [0.5, 0.6) is 0 Å². The minimum atomic E-state index is 0.643. The van der Waals surface area contributed by atoms with E-state index < -0.39 is 0 Å². The summed E-state index contributed by atoms with van der Waals surface area (Å²) in [6.07, 6.45) is 1.67. The largest absolute Gasteiger partial charge is 0.330 e.